The molecular weight excluding hydrogens is 394 g/mol. The molecule has 0 aliphatic carbocycles. The highest BCUT2D eigenvalue weighted by atomic mass is 19.2. The van der Waals surface area contributed by atoms with Crippen molar-refractivity contribution in [1.29, 1.82) is 0 Å². The summed E-state index contributed by atoms with van der Waals surface area (Å²) in [4.78, 5) is 30.1. The molecule has 3 aromatic rings. The highest BCUT2D eigenvalue weighted by Gasteiger charge is 2.24. The monoisotopic (exact) mass is 416 g/mol. The number of hydrogen-bond acceptors (Lipinski definition) is 5. The predicted molar refractivity (Wildman–Crippen MR) is 108 cm³/mol. The molecule has 158 valence electrons. The Kier molecular flexibility index (Phi) is 5.25. The van der Waals surface area contributed by atoms with Gasteiger partial charge in [0, 0.05) is 57.6 Å². The number of fused-ring (bicyclic) bond motifs is 1. The summed E-state index contributed by atoms with van der Waals surface area (Å²) in [6.45, 7) is 4.62. The number of halogens is 2. The van der Waals surface area contributed by atoms with Gasteiger partial charge in [-0.25, -0.2) is 13.3 Å². The lowest BCUT2D eigenvalue weighted by molar-refractivity contribution is 0.0958. The Labute approximate surface area is 171 Å². The van der Waals surface area contributed by atoms with Crippen LogP contribution in [-0.4, -0.2) is 58.6 Å². The second kappa shape index (κ2) is 7.86. The molecule has 0 atom stereocenters. The summed E-state index contributed by atoms with van der Waals surface area (Å²) in [6, 6.07) is 4.58. The third-order valence-electron chi connectivity index (χ3n) is 5.33. The number of aromatic nitrogens is 3. The van der Waals surface area contributed by atoms with Gasteiger partial charge in [-0.3, -0.25) is 14.5 Å². The summed E-state index contributed by atoms with van der Waals surface area (Å²) >= 11 is 0. The van der Waals surface area contributed by atoms with Crippen molar-refractivity contribution in [2.24, 2.45) is 0 Å². The molecule has 0 spiro atoms. The van der Waals surface area contributed by atoms with E-state index in [1.807, 2.05) is 6.07 Å². The molecule has 1 aromatic carbocycles. The predicted octanol–water partition coefficient (Wildman–Crippen LogP) is 1.29. The number of piperazine rings is 1. The van der Waals surface area contributed by atoms with E-state index in [-0.39, 0.29) is 16.8 Å². The molecule has 2 aromatic heterocycles. The maximum atomic E-state index is 14.5. The van der Waals surface area contributed by atoms with Crippen molar-refractivity contribution in [3.8, 4) is 0 Å². The van der Waals surface area contributed by atoms with E-state index in [4.69, 9.17) is 0 Å². The third kappa shape index (κ3) is 3.65. The molecule has 1 fully saturated rings. The van der Waals surface area contributed by atoms with E-state index in [9.17, 15) is 18.4 Å². The van der Waals surface area contributed by atoms with E-state index in [2.05, 4.69) is 20.3 Å². The van der Waals surface area contributed by atoms with Crippen LogP contribution in [0.2, 0.25) is 0 Å². The highest BCUT2D eigenvalue weighted by Crippen LogP contribution is 2.25. The van der Waals surface area contributed by atoms with Crippen LogP contribution < -0.4 is 15.8 Å². The normalized spacial score (nSPS) is 15.0. The molecule has 0 saturated carbocycles. The molecule has 0 bridgehead atoms. The van der Waals surface area contributed by atoms with Crippen molar-refractivity contribution >= 4 is 17.2 Å². The van der Waals surface area contributed by atoms with Gasteiger partial charge in [-0.1, -0.05) is 0 Å². The van der Waals surface area contributed by atoms with Crippen molar-refractivity contribution in [1.82, 2.24) is 24.8 Å². The fourth-order valence-electron chi connectivity index (χ4n) is 3.64. The molecule has 4 rings (SSSR count). The van der Waals surface area contributed by atoms with Crippen LogP contribution in [0.1, 0.15) is 21.6 Å². The van der Waals surface area contributed by atoms with Crippen molar-refractivity contribution in [2.45, 2.75) is 13.5 Å². The second-order valence-electron chi connectivity index (χ2n) is 7.33. The number of hydrogen-bond donors (Lipinski definition) is 2. The molecule has 10 heteroatoms. The van der Waals surface area contributed by atoms with Crippen LogP contribution in [0, 0.1) is 18.6 Å². The van der Waals surface area contributed by atoms with Crippen LogP contribution in [-0.2, 0) is 6.54 Å². The Morgan fingerprint density at radius 3 is 2.63 bits per heavy atom. The number of nitrogens with zero attached hydrogens (tertiary/aromatic N) is 4. The number of H-pyrrole nitrogens is 1. The van der Waals surface area contributed by atoms with Crippen molar-refractivity contribution in [3.63, 3.8) is 0 Å². The molecule has 8 nitrogen and oxygen atoms in total. The van der Waals surface area contributed by atoms with E-state index < -0.39 is 17.5 Å². The van der Waals surface area contributed by atoms with Gasteiger partial charge < -0.3 is 15.2 Å². The Morgan fingerprint density at radius 1 is 1.20 bits per heavy atom. The van der Waals surface area contributed by atoms with E-state index in [0.717, 1.165) is 5.69 Å². The number of benzene rings is 1. The van der Waals surface area contributed by atoms with E-state index in [0.29, 0.717) is 43.9 Å². The van der Waals surface area contributed by atoms with Crippen molar-refractivity contribution < 1.29 is 13.6 Å². The summed E-state index contributed by atoms with van der Waals surface area (Å²) in [5.41, 5.74) is 1.74. The number of carbonyl (C=O) groups excluding carboxylic acids is 1. The van der Waals surface area contributed by atoms with Gasteiger partial charge >= 0.3 is 0 Å². The Balaban J connectivity index is 1.43. The summed E-state index contributed by atoms with van der Waals surface area (Å²) in [7, 11) is 1.37. The first-order valence-electron chi connectivity index (χ1n) is 9.63. The van der Waals surface area contributed by atoms with Gasteiger partial charge in [0.1, 0.15) is 5.65 Å². The highest BCUT2D eigenvalue weighted by molar-refractivity contribution is 5.94. The number of anilines is 1. The number of aromatic amines is 1. The van der Waals surface area contributed by atoms with Crippen LogP contribution in [0.25, 0.3) is 5.65 Å². The number of nitrogens with one attached hydrogen (secondary N) is 2. The number of aryl methyl sites for hydroxylation is 1. The summed E-state index contributed by atoms with van der Waals surface area (Å²) in [5, 5.41) is 6.79. The zero-order valence-electron chi connectivity index (χ0n) is 16.7. The quantitative estimate of drug-likeness (QED) is 0.670. The maximum absolute atomic E-state index is 14.5. The zero-order chi connectivity index (χ0) is 21.4. The first kappa shape index (κ1) is 20.0. The molecule has 1 aliphatic rings. The fourth-order valence-corrected chi connectivity index (χ4v) is 3.64. The summed E-state index contributed by atoms with van der Waals surface area (Å²) < 4.78 is 30.4. The van der Waals surface area contributed by atoms with Crippen molar-refractivity contribution in [3.05, 3.63) is 63.2 Å². The SMILES string of the molecule is CNC(=O)c1ccc(N2CCN(Cc3cc4[nH]c(=O)c(C)cn4n3)CC2)c(F)c1F. The van der Waals surface area contributed by atoms with Gasteiger partial charge in [-0.05, 0) is 19.1 Å². The van der Waals surface area contributed by atoms with Crippen LogP contribution in [0.15, 0.2) is 29.2 Å². The summed E-state index contributed by atoms with van der Waals surface area (Å²) in [6.07, 6.45) is 1.69. The number of rotatable bonds is 4. The summed E-state index contributed by atoms with van der Waals surface area (Å²) in [5.74, 6) is -2.81. The minimum absolute atomic E-state index is 0.140. The fraction of sp³-hybridized carbons (Fsp3) is 0.350. The Hall–Kier alpha value is -3.27. The van der Waals surface area contributed by atoms with Crippen LogP contribution in [0.3, 0.4) is 0 Å². The van der Waals surface area contributed by atoms with Gasteiger partial charge in [0.05, 0.1) is 16.9 Å². The van der Waals surface area contributed by atoms with E-state index >= 15 is 0 Å². The van der Waals surface area contributed by atoms with Gasteiger partial charge in [0.25, 0.3) is 11.5 Å². The number of carbonyl (C=O) groups is 1. The minimum Gasteiger partial charge on any atom is -0.367 e. The zero-order valence-corrected chi connectivity index (χ0v) is 16.7. The number of amides is 1. The smallest absolute Gasteiger partial charge is 0.254 e. The standard InChI is InChI=1S/C20H22F2N6O2/c1-12-10-28-16(24-19(12)29)9-13(25-28)11-26-5-7-27(8-6-26)15-4-3-14(20(30)23-2)17(21)18(15)22/h3-4,9-10H,5-8,11H2,1-2H3,(H,23,30)(H,24,29). The first-order chi connectivity index (χ1) is 14.4. The van der Waals surface area contributed by atoms with E-state index in [1.165, 1.54) is 19.2 Å². The van der Waals surface area contributed by atoms with E-state index in [1.54, 1.807) is 22.5 Å². The molecule has 2 N–H and O–H groups in total. The molecule has 3 heterocycles. The van der Waals surface area contributed by atoms with Gasteiger partial charge in [0.2, 0.25) is 0 Å². The minimum atomic E-state index is -1.14. The molecule has 1 amide bonds. The Bertz CT molecular complexity index is 1160. The van der Waals surface area contributed by atoms with Crippen LogP contribution >= 0.6 is 0 Å². The molecule has 0 unspecified atom stereocenters. The van der Waals surface area contributed by atoms with Gasteiger partial charge in [-0.15, -0.1) is 0 Å². The average molecular weight is 416 g/mol. The Morgan fingerprint density at radius 2 is 1.93 bits per heavy atom. The second-order valence-corrected chi connectivity index (χ2v) is 7.33. The lowest BCUT2D eigenvalue weighted by Crippen LogP contribution is -2.46. The topological polar surface area (TPSA) is 85.7 Å². The molecular formula is C20H22F2N6O2. The maximum Gasteiger partial charge on any atom is 0.254 e. The first-order valence-corrected chi connectivity index (χ1v) is 9.63. The average Bonchev–Trinajstić information content (AvgIpc) is 3.11. The van der Waals surface area contributed by atoms with Crippen LogP contribution in [0.4, 0.5) is 14.5 Å². The third-order valence-corrected chi connectivity index (χ3v) is 5.33. The lowest BCUT2D eigenvalue weighted by atomic mass is 10.1. The van der Waals surface area contributed by atoms with Crippen molar-refractivity contribution in [2.75, 3.05) is 38.1 Å². The molecule has 1 aliphatic heterocycles. The van der Waals surface area contributed by atoms with Gasteiger partial charge in [0.15, 0.2) is 11.6 Å². The largest absolute Gasteiger partial charge is 0.367 e. The molecule has 1 saturated heterocycles. The lowest BCUT2D eigenvalue weighted by Gasteiger charge is -2.36. The molecule has 30 heavy (non-hydrogen) atoms. The molecule has 0 radical (unpaired) electrons. The van der Waals surface area contributed by atoms with Gasteiger partial charge in [-0.2, -0.15) is 5.10 Å². The van der Waals surface area contributed by atoms with Crippen LogP contribution in [0.5, 0.6) is 0 Å².